The molecule has 1 unspecified atom stereocenters. The normalized spacial score (nSPS) is 25.7. The molecule has 0 aliphatic carbocycles. The zero-order chi connectivity index (χ0) is 10.8. The van der Waals surface area contributed by atoms with Crippen molar-refractivity contribution in [2.45, 2.75) is 32.4 Å². The van der Waals surface area contributed by atoms with Gasteiger partial charge in [-0.05, 0) is 34.9 Å². The number of hydrogen-bond donors (Lipinski definition) is 1. The minimum Gasteiger partial charge on any atom is -0.310 e. The fraction of sp³-hybridized carbons (Fsp3) is 1.00. The molecule has 1 atom stereocenters. The molecule has 1 aliphatic rings. The first kappa shape index (κ1) is 12.0. The third-order valence-electron chi connectivity index (χ3n) is 2.79. The van der Waals surface area contributed by atoms with Gasteiger partial charge in [-0.25, -0.2) is 0 Å². The van der Waals surface area contributed by atoms with Crippen LogP contribution in [0.3, 0.4) is 0 Å². The van der Waals surface area contributed by atoms with Crippen molar-refractivity contribution in [2.75, 3.05) is 40.3 Å². The van der Waals surface area contributed by atoms with Crippen molar-refractivity contribution in [1.29, 1.82) is 0 Å². The molecule has 1 N–H and O–H groups in total. The van der Waals surface area contributed by atoms with Crippen LogP contribution in [0.5, 0.6) is 0 Å². The molecule has 1 heterocycles. The molecule has 3 heteroatoms. The highest BCUT2D eigenvalue weighted by Crippen LogP contribution is 2.15. The van der Waals surface area contributed by atoms with E-state index in [0.29, 0.717) is 11.6 Å². The van der Waals surface area contributed by atoms with Crippen molar-refractivity contribution in [3.05, 3.63) is 0 Å². The summed E-state index contributed by atoms with van der Waals surface area (Å²) < 4.78 is 0. The molecule has 0 amide bonds. The Hall–Kier alpha value is -0.120. The van der Waals surface area contributed by atoms with E-state index in [1.807, 2.05) is 0 Å². The largest absolute Gasteiger partial charge is 0.310 e. The van der Waals surface area contributed by atoms with E-state index < -0.39 is 0 Å². The first-order chi connectivity index (χ1) is 6.39. The first-order valence-corrected chi connectivity index (χ1v) is 5.53. The Balaban J connectivity index is 2.44. The molecule has 0 aromatic rings. The lowest BCUT2D eigenvalue weighted by atomic mass is 10.0. The highest BCUT2D eigenvalue weighted by Gasteiger charge is 2.27. The summed E-state index contributed by atoms with van der Waals surface area (Å²) >= 11 is 0. The van der Waals surface area contributed by atoms with Gasteiger partial charge < -0.3 is 10.2 Å². The summed E-state index contributed by atoms with van der Waals surface area (Å²) in [4.78, 5) is 4.82. The van der Waals surface area contributed by atoms with Crippen LogP contribution in [-0.2, 0) is 0 Å². The van der Waals surface area contributed by atoms with E-state index >= 15 is 0 Å². The highest BCUT2D eigenvalue weighted by molar-refractivity contribution is 4.86. The van der Waals surface area contributed by atoms with Crippen LogP contribution in [0.1, 0.15) is 20.8 Å². The molecule has 0 radical (unpaired) electrons. The Morgan fingerprint density at radius 2 is 2.00 bits per heavy atom. The van der Waals surface area contributed by atoms with E-state index in [2.05, 4.69) is 50.0 Å². The Morgan fingerprint density at radius 1 is 1.36 bits per heavy atom. The van der Waals surface area contributed by atoms with Gasteiger partial charge in [-0.15, -0.1) is 0 Å². The van der Waals surface area contributed by atoms with E-state index in [4.69, 9.17) is 0 Å². The van der Waals surface area contributed by atoms with Gasteiger partial charge >= 0.3 is 0 Å². The van der Waals surface area contributed by atoms with Crippen molar-refractivity contribution < 1.29 is 0 Å². The number of likely N-dealkylation sites (N-methyl/N-ethyl adjacent to an activating group) is 1. The second-order valence-electron chi connectivity index (χ2n) is 5.53. The highest BCUT2D eigenvalue weighted by atomic mass is 15.3. The maximum absolute atomic E-state index is 3.57. The standard InChI is InChI=1S/C11H25N3/c1-11(2,3)14-7-6-12-10(9-14)8-13(4)5/h10,12H,6-9H2,1-5H3. The van der Waals surface area contributed by atoms with Crippen molar-refractivity contribution in [3.8, 4) is 0 Å². The summed E-state index contributed by atoms with van der Waals surface area (Å²) in [5, 5.41) is 3.57. The van der Waals surface area contributed by atoms with E-state index in [9.17, 15) is 0 Å². The molecule has 0 bridgehead atoms. The minimum atomic E-state index is 0.312. The number of rotatable bonds is 2. The number of nitrogens with one attached hydrogen (secondary N) is 1. The molecular formula is C11H25N3. The molecule has 84 valence electrons. The summed E-state index contributed by atoms with van der Waals surface area (Å²) in [5.74, 6) is 0. The van der Waals surface area contributed by atoms with Gasteiger partial charge in [0.15, 0.2) is 0 Å². The third kappa shape index (κ3) is 3.56. The van der Waals surface area contributed by atoms with Crippen LogP contribution in [0, 0.1) is 0 Å². The predicted octanol–water partition coefficient (Wildman–Crippen LogP) is 0.620. The molecule has 3 nitrogen and oxygen atoms in total. The van der Waals surface area contributed by atoms with Crippen LogP contribution in [0.15, 0.2) is 0 Å². The van der Waals surface area contributed by atoms with Crippen LogP contribution in [0.4, 0.5) is 0 Å². The molecule has 0 aromatic heterocycles. The number of piperazine rings is 1. The maximum Gasteiger partial charge on any atom is 0.0323 e. The molecule has 1 aliphatic heterocycles. The average molecular weight is 199 g/mol. The van der Waals surface area contributed by atoms with Gasteiger partial charge in [0.25, 0.3) is 0 Å². The zero-order valence-electron chi connectivity index (χ0n) is 10.3. The van der Waals surface area contributed by atoms with Gasteiger partial charge in [-0.1, -0.05) is 0 Å². The van der Waals surface area contributed by atoms with Gasteiger partial charge in [-0.3, -0.25) is 4.90 Å². The molecule has 1 rings (SSSR count). The SMILES string of the molecule is CN(C)CC1CN(C(C)(C)C)CCN1. The second kappa shape index (κ2) is 4.60. The van der Waals surface area contributed by atoms with Crippen molar-refractivity contribution in [1.82, 2.24) is 15.1 Å². The van der Waals surface area contributed by atoms with E-state index in [1.54, 1.807) is 0 Å². The molecule has 14 heavy (non-hydrogen) atoms. The Kier molecular flexibility index (Phi) is 3.93. The monoisotopic (exact) mass is 199 g/mol. The van der Waals surface area contributed by atoms with E-state index in [0.717, 1.165) is 13.1 Å². The summed E-state index contributed by atoms with van der Waals surface area (Å²) in [6.45, 7) is 11.5. The van der Waals surface area contributed by atoms with Gasteiger partial charge in [-0.2, -0.15) is 0 Å². The zero-order valence-corrected chi connectivity index (χ0v) is 10.3. The van der Waals surface area contributed by atoms with Gasteiger partial charge in [0.2, 0.25) is 0 Å². The van der Waals surface area contributed by atoms with Crippen molar-refractivity contribution >= 4 is 0 Å². The van der Waals surface area contributed by atoms with Crippen LogP contribution in [0.2, 0.25) is 0 Å². The van der Waals surface area contributed by atoms with Crippen molar-refractivity contribution in [2.24, 2.45) is 0 Å². The van der Waals surface area contributed by atoms with Crippen LogP contribution >= 0.6 is 0 Å². The number of hydrogen-bond acceptors (Lipinski definition) is 3. The lowest BCUT2D eigenvalue weighted by Gasteiger charge is -2.42. The minimum absolute atomic E-state index is 0.312. The lowest BCUT2D eigenvalue weighted by molar-refractivity contribution is 0.0881. The van der Waals surface area contributed by atoms with E-state index in [-0.39, 0.29) is 0 Å². The van der Waals surface area contributed by atoms with Crippen LogP contribution in [0.25, 0.3) is 0 Å². The average Bonchev–Trinajstić information content (AvgIpc) is 2.01. The Morgan fingerprint density at radius 3 is 2.50 bits per heavy atom. The van der Waals surface area contributed by atoms with Crippen molar-refractivity contribution in [3.63, 3.8) is 0 Å². The van der Waals surface area contributed by atoms with E-state index in [1.165, 1.54) is 13.1 Å². The first-order valence-electron chi connectivity index (χ1n) is 5.53. The fourth-order valence-corrected chi connectivity index (χ4v) is 2.00. The van der Waals surface area contributed by atoms with Crippen LogP contribution < -0.4 is 5.32 Å². The maximum atomic E-state index is 3.57. The Bertz CT molecular complexity index is 172. The fourth-order valence-electron chi connectivity index (χ4n) is 2.00. The lowest BCUT2D eigenvalue weighted by Crippen LogP contribution is -2.58. The smallest absolute Gasteiger partial charge is 0.0323 e. The summed E-state index contributed by atoms with van der Waals surface area (Å²) in [5.41, 5.74) is 0.312. The van der Waals surface area contributed by atoms with Gasteiger partial charge in [0.05, 0.1) is 0 Å². The quantitative estimate of drug-likeness (QED) is 0.703. The summed E-state index contributed by atoms with van der Waals surface area (Å²) in [6.07, 6.45) is 0. The molecule has 1 saturated heterocycles. The van der Waals surface area contributed by atoms with Crippen LogP contribution in [-0.4, -0.2) is 61.7 Å². The van der Waals surface area contributed by atoms with Gasteiger partial charge in [0, 0.05) is 37.8 Å². The third-order valence-corrected chi connectivity index (χ3v) is 2.79. The molecule has 0 spiro atoms. The summed E-state index contributed by atoms with van der Waals surface area (Å²) in [6, 6.07) is 0.623. The second-order valence-corrected chi connectivity index (χ2v) is 5.53. The topological polar surface area (TPSA) is 18.5 Å². The number of nitrogens with zero attached hydrogens (tertiary/aromatic N) is 2. The molecule has 1 fully saturated rings. The Labute approximate surface area is 88.5 Å². The molecule has 0 saturated carbocycles. The summed E-state index contributed by atoms with van der Waals surface area (Å²) in [7, 11) is 4.27. The predicted molar refractivity (Wildman–Crippen MR) is 61.7 cm³/mol. The molecule has 0 aromatic carbocycles. The van der Waals surface area contributed by atoms with Gasteiger partial charge in [0.1, 0.15) is 0 Å². The molecular weight excluding hydrogens is 174 g/mol.